The van der Waals surface area contributed by atoms with Crippen molar-refractivity contribution in [1.82, 2.24) is 9.97 Å². The van der Waals surface area contributed by atoms with E-state index in [0.29, 0.717) is 18.3 Å². The fourth-order valence-electron chi connectivity index (χ4n) is 1.26. The number of aliphatic hydroxyl groups excluding tert-OH is 1. The molecule has 0 aliphatic rings. The SMILES string of the molecule is CC(C)C(CCO)Nc1ncc(F)cn1. The highest BCUT2D eigenvalue weighted by molar-refractivity contribution is 5.24. The first kappa shape index (κ1) is 11.8. The van der Waals surface area contributed by atoms with Crippen molar-refractivity contribution in [3.8, 4) is 0 Å². The second-order valence-corrected chi connectivity index (χ2v) is 3.73. The zero-order valence-electron chi connectivity index (χ0n) is 8.94. The first-order chi connectivity index (χ1) is 7.13. The Bertz CT molecular complexity index is 289. The zero-order chi connectivity index (χ0) is 11.3. The molecule has 1 rings (SSSR count). The maximum atomic E-state index is 12.5. The zero-order valence-corrected chi connectivity index (χ0v) is 8.94. The van der Waals surface area contributed by atoms with Gasteiger partial charge in [0.1, 0.15) is 0 Å². The van der Waals surface area contributed by atoms with Crippen molar-refractivity contribution in [3.63, 3.8) is 0 Å². The molecule has 0 spiro atoms. The molecule has 2 N–H and O–H groups in total. The number of hydrogen-bond donors (Lipinski definition) is 2. The van der Waals surface area contributed by atoms with Crippen LogP contribution >= 0.6 is 0 Å². The fraction of sp³-hybridized carbons (Fsp3) is 0.600. The Labute approximate surface area is 88.6 Å². The van der Waals surface area contributed by atoms with Crippen molar-refractivity contribution in [2.24, 2.45) is 5.92 Å². The molecule has 0 saturated carbocycles. The lowest BCUT2D eigenvalue weighted by molar-refractivity contribution is 0.267. The van der Waals surface area contributed by atoms with Crippen molar-refractivity contribution in [2.75, 3.05) is 11.9 Å². The third kappa shape index (κ3) is 3.79. The Morgan fingerprint density at radius 1 is 1.40 bits per heavy atom. The highest BCUT2D eigenvalue weighted by Gasteiger charge is 2.13. The van der Waals surface area contributed by atoms with Crippen LogP contribution in [0.1, 0.15) is 20.3 Å². The van der Waals surface area contributed by atoms with Gasteiger partial charge in [-0.2, -0.15) is 0 Å². The summed E-state index contributed by atoms with van der Waals surface area (Å²) in [7, 11) is 0. The van der Waals surface area contributed by atoms with Gasteiger partial charge in [-0.3, -0.25) is 0 Å². The molecular formula is C10H16FN3O. The van der Waals surface area contributed by atoms with Gasteiger partial charge in [0.2, 0.25) is 5.95 Å². The van der Waals surface area contributed by atoms with Gasteiger partial charge in [0.15, 0.2) is 5.82 Å². The number of anilines is 1. The number of hydrogen-bond acceptors (Lipinski definition) is 4. The Hall–Kier alpha value is -1.23. The molecule has 0 aliphatic carbocycles. The number of aromatic nitrogens is 2. The van der Waals surface area contributed by atoms with Crippen molar-refractivity contribution >= 4 is 5.95 Å². The number of nitrogens with zero attached hydrogens (tertiary/aromatic N) is 2. The summed E-state index contributed by atoms with van der Waals surface area (Å²) in [5, 5.41) is 11.9. The quantitative estimate of drug-likeness (QED) is 0.777. The van der Waals surface area contributed by atoms with Crippen LogP contribution in [0.4, 0.5) is 10.3 Å². The van der Waals surface area contributed by atoms with Crippen LogP contribution in [-0.2, 0) is 0 Å². The topological polar surface area (TPSA) is 58.0 Å². The first-order valence-corrected chi connectivity index (χ1v) is 4.98. The van der Waals surface area contributed by atoms with Gasteiger partial charge in [0.25, 0.3) is 0 Å². The molecule has 4 nitrogen and oxygen atoms in total. The molecule has 1 aromatic heterocycles. The van der Waals surface area contributed by atoms with Gasteiger partial charge in [0, 0.05) is 12.6 Å². The number of aliphatic hydroxyl groups is 1. The van der Waals surface area contributed by atoms with Crippen LogP contribution < -0.4 is 5.32 Å². The van der Waals surface area contributed by atoms with Crippen LogP contribution in [-0.4, -0.2) is 27.7 Å². The minimum atomic E-state index is -0.455. The van der Waals surface area contributed by atoms with Crippen molar-refractivity contribution < 1.29 is 9.50 Å². The molecule has 15 heavy (non-hydrogen) atoms. The Balaban J connectivity index is 2.61. The Morgan fingerprint density at radius 3 is 2.47 bits per heavy atom. The first-order valence-electron chi connectivity index (χ1n) is 4.98. The van der Waals surface area contributed by atoms with Crippen molar-refractivity contribution in [3.05, 3.63) is 18.2 Å². The Morgan fingerprint density at radius 2 is 2.00 bits per heavy atom. The third-order valence-corrected chi connectivity index (χ3v) is 2.18. The molecule has 0 aromatic carbocycles. The predicted octanol–water partition coefficient (Wildman–Crippen LogP) is 1.43. The normalized spacial score (nSPS) is 12.9. The smallest absolute Gasteiger partial charge is 0.223 e. The van der Waals surface area contributed by atoms with Crippen LogP contribution in [0.3, 0.4) is 0 Å². The van der Waals surface area contributed by atoms with Crippen LogP contribution in [0, 0.1) is 11.7 Å². The average Bonchev–Trinajstić information content (AvgIpc) is 2.20. The van der Waals surface area contributed by atoms with E-state index in [1.54, 1.807) is 0 Å². The van der Waals surface area contributed by atoms with E-state index < -0.39 is 5.82 Å². The Kier molecular flexibility index (Phi) is 4.42. The number of halogens is 1. The summed E-state index contributed by atoms with van der Waals surface area (Å²) in [5.74, 6) is 0.290. The lowest BCUT2D eigenvalue weighted by atomic mass is 10.0. The van der Waals surface area contributed by atoms with Crippen molar-refractivity contribution in [2.45, 2.75) is 26.3 Å². The lowest BCUT2D eigenvalue weighted by Crippen LogP contribution is -2.27. The number of nitrogens with one attached hydrogen (secondary N) is 1. The maximum absolute atomic E-state index is 12.5. The van der Waals surface area contributed by atoms with E-state index in [1.807, 2.05) is 13.8 Å². The minimum absolute atomic E-state index is 0.0976. The highest BCUT2D eigenvalue weighted by Crippen LogP contribution is 2.11. The summed E-state index contributed by atoms with van der Waals surface area (Å²) in [4.78, 5) is 7.61. The molecule has 1 unspecified atom stereocenters. The van der Waals surface area contributed by atoms with E-state index in [1.165, 1.54) is 0 Å². The van der Waals surface area contributed by atoms with E-state index in [9.17, 15) is 4.39 Å². The van der Waals surface area contributed by atoms with E-state index in [2.05, 4.69) is 15.3 Å². The second kappa shape index (κ2) is 5.60. The van der Waals surface area contributed by atoms with Gasteiger partial charge in [-0.1, -0.05) is 13.8 Å². The van der Waals surface area contributed by atoms with Gasteiger partial charge < -0.3 is 10.4 Å². The van der Waals surface area contributed by atoms with Gasteiger partial charge >= 0.3 is 0 Å². The molecule has 0 saturated heterocycles. The molecule has 5 heteroatoms. The molecular weight excluding hydrogens is 197 g/mol. The predicted molar refractivity (Wildman–Crippen MR) is 55.9 cm³/mol. The largest absolute Gasteiger partial charge is 0.396 e. The van der Waals surface area contributed by atoms with E-state index in [-0.39, 0.29) is 12.6 Å². The summed E-state index contributed by atoms with van der Waals surface area (Å²) in [5.41, 5.74) is 0. The van der Waals surface area contributed by atoms with Gasteiger partial charge in [-0.15, -0.1) is 0 Å². The van der Waals surface area contributed by atoms with E-state index in [0.717, 1.165) is 12.4 Å². The third-order valence-electron chi connectivity index (χ3n) is 2.18. The average molecular weight is 213 g/mol. The second-order valence-electron chi connectivity index (χ2n) is 3.73. The van der Waals surface area contributed by atoms with Gasteiger partial charge in [-0.05, 0) is 12.3 Å². The van der Waals surface area contributed by atoms with Crippen LogP contribution in [0.2, 0.25) is 0 Å². The molecule has 1 aromatic rings. The molecule has 0 fully saturated rings. The standard InChI is InChI=1S/C10H16FN3O/c1-7(2)9(3-4-15)14-10-12-5-8(11)6-13-10/h5-7,9,15H,3-4H2,1-2H3,(H,12,13,14). The number of rotatable bonds is 5. The summed E-state index contributed by atoms with van der Waals surface area (Å²) in [6, 6.07) is 0.0976. The minimum Gasteiger partial charge on any atom is -0.396 e. The molecule has 0 radical (unpaired) electrons. The lowest BCUT2D eigenvalue weighted by Gasteiger charge is -2.21. The van der Waals surface area contributed by atoms with Crippen LogP contribution in [0.15, 0.2) is 12.4 Å². The maximum Gasteiger partial charge on any atom is 0.223 e. The van der Waals surface area contributed by atoms with E-state index >= 15 is 0 Å². The molecule has 0 bridgehead atoms. The molecule has 1 atom stereocenters. The van der Waals surface area contributed by atoms with Gasteiger partial charge in [0.05, 0.1) is 12.4 Å². The fourth-order valence-corrected chi connectivity index (χ4v) is 1.26. The highest BCUT2D eigenvalue weighted by atomic mass is 19.1. The van der Waals surface area contributed by atoms with Crippen LogP contribution in [0.5, 0.6) is 0 Å². The summed E-state index contributed by atoms with van der Waals surface area (Å²) < 4.78 is 12.5. The summed E-state index contributed by atoms with van der Waals surface area (Å²) in [6.07, 6.45) is 2.86. The monoisotopic (exact) mass is 213 g/mol. The van der Waals surface area contributed by atoms with Crippen molar-refractivity contribution in [1.29, 1.82) is 0 Å². The molecule has 0 amide bonds. The van der Waals surface area contributed by atoms with E-state index in [4.69, 9.17) is 5.11 Å². The summed E-state index contributed by atoms with van der Waals surface area (Å²) >= 11 is 0. The molecule has 84 valence electrons. The van der Waals surface area contributed by atoms with Gasteiger partial charge in [-0.25, -0.2) is 14.4 Å². The molecule has 0 aliphatic heterocycles. The van der Waals surface area contributed by atoms with Crippen LogP contribution in [0.25, 0.3) is 0 Å². The molecule has 1 heterocycles. The summed E-state index contributed by atoms with van der Waals surface area (Å²) in [6.45, 7) is 4.19.